The quantitative estimate of drug-likeness (QED) is 0.721. The summed E-state index contributed by atoms with van der Waals surface area (Å²) in [6.07, 6.45) is 2.12. The first-order chi connectivity index (χ1) is 7.20. The van der Waals surface area contributed by atoms with E-state index in [1.807, 2.05) is 11.7 Å². The maximum absolute atomic E-state index is 4.39. The number of anilines is 1. The topological polar surface area (TPSA) is 24.3 Å². The fraction of sp³-hybridized carbons (Fsp3) is 0.727. The largest absolute Gasteiger partial charge is 0.366 e. The minimum absolute atomic E-state index is 1.13. The summed E-state index contributed by atoms with van der Waals surface area (Å²) in [6, 6.07) is 0. The average Bonchev–Trinajstić information content (AvgIpc) is 2.58. The third-order valence-electron chi connectivity index (χ3n) is 3.15. The molecule has 1 aliphatic rings. The van der Waals surface area contributed by atoms with Crippen LogP contribution in [0.5, 0.6) is 0 Å². The van der Waals surface area contributed by atoms with Crippen molar-refractivity contribution in [1.82, 2.24) is 14.7 Å². The number of aromatic nitrogens is 2. The van der Waals surface area contributed by atoms with Gasteiger partial charge in [0.25, 0.3) is 0 Å². The maximum Gasteiger partial charge on any atom is 0.0827 e. The third-order valence-corrected chi connectivity index (χ3v) is 3.15. The van der Waals surface area contributed by atoms with Crippen LogP contribution < -0.4 is 4.90 Å². The van der Waals surface area contributed by atoms with Crippen molar-refractivity contribution in [3.63, 3.8) is 0 Å². The van der Waals surface area contributed by atoms with Gasteiger partial charge in [-0.3, -0.25) is 4.68 Å². The van der Waals surface area contributed by atoms with Gasteiger partial charge >= 0.3 is 0 Å². The number of rotatable bonds is 2. The molecule has 84 valence electrons. The monoisotopic (exact) mass is 208 g/mol. The Balaban J connectivity index is 2.04. The van der Waals surface area contributed by atoms with Gasteiger partial charge in [-0.2, -0.15) is 5.10 Å². The summed E-state index contributed by atoms with van der Waals surface area (Å²) in [7, 11) is 1.98. The highest BCUT2D eigenvalue weighted by molar-refractivity contribution is 5.49. The number of nitrogens with zero attached hydrogens (tertiary/aromatic N) is 4. The summed E-state index contributed by atoms with van der Waals surface area (Å²) in [5.41, 5.74) is 2.44. The van der Waals surface area contributed by atoms with Crippen LogP contribution in [0.3, 0.4) is 0 Å². The fourth-order valence-electron chi connectivity index (χ4n) is 2.20. The van der Waals surface area contributed by atoms with Crippen LogP contribution in [0.4, 0.5) is 5.69 Å². The first-order valence-corrected chi connectivity index (χ1v) is 5.68. The van der Waals surface area contributed by atoms with Crippen LogP contribution in [0, 0.1) is 6.92 Å². The van der Waals surface area contributed by atoms with Crippen molar-refractivity contribution in [2.75, 3.05) is 37.6 Å². The van der Waals surface area contributed by atoms with Crippen molar-refractivity contribution in [2.24, 2.45) is 7.05 Å². The highest BCUT2D eigenvalue weighted by Gasteiger charge is 2.18. The standard InChI is InChI=1S/C11H20N4/c1-4-14-5-7-15(8-6-14)11-9-13(3)12-10(11)2/h9H,4-8H2,1-3H3. The van der Waals surface area contributed by atoms with E-state index < -0.39 is 0 Å². The van der Waals surface area contributed by atoms with Gasteiger partial charge in [-0.1, -0.05) is 6.92 Å². The Kier molecular flexibility index (Phi) is 2.95. The van der Waals surface area contributed by atoms with Gasteiger partial charge in [0.15, 0.2) is 0 Å². The highest BCUT2D eigenvalue weighted by Crippen LogP contribution is 2.19. The smallest absolute Gasteiger partial charge is 0.0827 e. The molecule has 1 aromatic heterocycles. The van der Waals surface area contributed by atoms with Gasteiger partial charge in [0.05, 0.1) is 11.4 Å². The molecule has 0 atom stereocenters. The lowest BCUT2D eigenvalue weighted by molar-refractivity contribution is 0.271. The molecular formula is C11H20N4. The summed E-state index contributed by atoms with van der Waals surface area (Å²) in [4.78, 5) is 4.93. The van der Waals surface area contributed by atoms with Crippen LogP contribution >= 0.6 is 0 Å². The second-order valence-electron chi connectivity index (χ2n) is 4.19. The summed E-state index contributed by atoms with van der Waals surface area (Å²) in [5.74, 6) is 0. The minimum atomic E-state index is 1.13. The summed E-state index contributed by atoms with van der Waals surface area (Å²) < 4.78 is 1.90. The molecule has 0 N–H and O–H groups in total. The van der Waals surface area contributed by atoms with E-state index in [-0.39, 0.29) is 0 Å². The third kappa shape index (κ3) is 2.15. The maximum atomic E-state index is 4.39. The summed E-state index contributed by atoms with van der Waals surface area (Å²) >= 11 is 0. The van der Waals surface area contributed by atoms with Gasteiger partial charge in [0.2, 0.25) is 0 Å². The fourth-order valence-corrected chi connectivity index (χ4v) is 2.20. The molecule has 1 aliphatic heterocycles. The van der Waals surface area contributed by atoms with Crippen LogP contribution in [0.25, 0.3) is 0 Å². The Hall–Kier alpha value is -1.03. The summed E-state index contributed by atoms with van der Waals surface area (Å²) in [6.45, 7) is 10.1. The molecule has 1 fully saturated rings. The normalized spacial score (nSPS) is 18.5. The number of likely N-dealkylation sites (N-methyl/N-ethyl adjacent to an activating group) is 1. The Morgan fingerprint density at radius 3 is 2.40 bits per heavy atom. The SMILES string of the molecule is CCN1CCN(c2cn(C)nc2C)CC1. The molecule has 0 spiro atoms. The molecule has 1 aromatic rings. The van der Waals surface area contributed by atoms with E-state index in [1.54, 1.807) is 0 Å². The first kappa shape index (κ1) is 10.5. The van der Waals surface area contributed by atoms with Gasteiger partial charge < -0.3 is 9.80 Å². The molecule has 0 amide bonds. The molecule has 0 unspecified atom stereocenters. The molecule has 0 bridgehead atoms. The van der Waals surface area contributed by atoms with E-state index in [4.69, 9.17) is 0 Å². The zero-order valence-corrected chi connectivity index (χ0v) is 9.90. The molecule has 4 heteroatoms. The lowest BCUT2D eigenvalue weighted by atomic mass is 10.2. The van der Waals surface area contributed by atoms with Gasteiger partial charge in [-0.05, 0) is 13.5 Å². The van der Waals surface area contributed by atoms with E-state index in [0.717, 1.165) is 18.8 Å². The Morgan fingerprint density at radius 2 is 1.93 bits per heavy atom. The highest BCUT2D eigenvalue weighted by atomic mass is 15.3. The van der Waals surface area contributed by atoms with Crippen molar-refractivity contribution in [3.05, 3.63) is 11.9 Å². The van der Waals surface area contributed by atoms with Crippen molar-refractivity contribution in [3.8, 4) is 0 Å². The van der Waals surface area contributed by atoms with Gasteiger partial charge in [-0.25, -0.2) is 0 Å². The van der Waals surface area contributed by atoms with Gasteiger partial charge in [-0.15, -0.1) is 0 Å². The zero-order chi connectivity index (χ0) is 10.8. The van der Waals surface area contributed by atoms with Crippen molar-refractivity contribution in [1.29, 1.82) is 0 Å². The second kappa shape index (κ2) is 4.23. The Morgan fingerprint density at radius 1 is 1.27 bits per heavy atom. The second-order valence-corrected chi connectivity index (χ2v) is 4.19. The predicted molar refractivity (Wildman–Crippen MR) is 62.3 cm³/mol. The molecule has 0 aromatic carbocycles. The molecule has 0 aliphatic carbocycles. The Bertz CT molecular complexity index is 323. The predicted octanol–water partition coefficient (Wildman–Crippen LogP) is 0.870. The van der Waals surface area contributed by atoms with Crippen LogP contribution in [0.15, 0.2) is 6.20 Å². The van der Waals surface area contributed by atoms with Crippen molar-refractivity contribution in [2.45, 2.75) is 13.8 Å². The van der Waals surface area contributed by atoms with E-state index >= 15 is 0 Å². The zero-order valence-electron chi connectivity index (χ0n) is 9.90. The average molecular weight is 208 g/mol. The molecule has 2 rings (SSSR count). The number of piperazine rings is 1. The first-order valence-electron chi connectivity index (χ1n) is 5.68. The molecule has 2 heterocycles. The van der Waals surface area contributed by atoms with Crippen LogP contribution in [0.2, 0.25) is 0 Å². The molecule has 0 radical (unpaired) electrons. The lowest BCUT2D eigenvalue weighted by Gasteiger charge is -2.35. The Labute approximate surface area is 91.5 Å². The van der Waals surface area contributed by atoms with Gasteiger partial charge in [0.1, 0.15) is 0 Å². The lowest BCUT2D eigenvalue weighted by Crippen LogP contribution is -2.46. The van der Waals surface area contributed by atoms with Crippen molar-refractivity contribution < 1.29 is 0 Å². The number of hydrogen-bond acceptors (Lipinski definition) is 3. The molecule has 1 saturated heterocycles. The van der Waals surface area contributed by atoms with Crippen molar-refractivity contribution >= 4 is 5.69 Å². The van der Waals surface area contributed by atoms with Crippen LogP contribution in [0.1, 0.15) is 12.6 Å². The van der Waals surface area contributed by atoms with Crippen LogP contribution in [-0.4, -0.2) is 47.4 Å². The van der Waals surface area contributed by atoms with E-state index in [9.17, 15) is 0 Å². The van der Waals surface area contributed by atoms with Gasteiger partial charge in [0, 0.05) is 39.4 Å². The summed E-state index contributed by atoms with van der Waals surface area (Å²) in [5, 5.41) is 4.39. The van der Waals surface area contributed by atoms with Crippen LogP contribution in [-0.2, 0) is 7.05 Å². The number of aryl methyl sites for hydroxylation is 2. The van der Waals surface area contributed by atoms with E-state index in [2.05, 4.69) is 34.9 Å². The molecular weight excluding hydrogens is 188 g/mol. The minimum Gasteiger partial charge on any atom is -0.366 e. The molecule has 0 saturated carbocycles. The molecule has 15 heavy (non-hydrogen) atoms. The molecule has 4 nitrogen and oxygen atoms in total. The number of hydrogen-bond donors (Lipinski definition) is 0. The van der Waals surface area contributed by atoms with E-state index in [1.165, 1.54) is 25.3 Å². The van der Waals surface area contributed by atoms with E-state index in [0.29, 0.717) is 0 Å².